The maximum Gasteiger partial charge on any atom is 0.178 e. The fraction of sp³-hybridized carbons (Fsp3) is 0.0400. The van der Waals surface area contributed by atoms with Crippen molar-refractivity contribution in [1.82, 2.24) is 14.5 Å². The molecule has 0 aliphatic carbocycles. The van der Waals surface area contributed by atoms with E-state index < -0.39 is 5.41 Å². The molecule has 56 heavy (non-hydrogen) atoms. The number of fused-ring (bicyclic) bond motifs is 7. The van der Waals surface area contributed by atoms with E-state index >= 15 is 0 Å². The average molecular weight is 723 g/mol. The van der Waals surface area contributed by atoms with E-state index in [0.717, 1.165) is 78.2 Å². The van der Waals surface area contributed by atoms with Crippen LogP contribution in [0.5, 0.6) is 11.5 Å². The van der Waals surface area contributed by atoms with Gasteiger partial charge in [0.15, 0.2) is 11.3 Å². The highest BCUT2D eigenvalue weighted by Crippen LogP contribution is 2.61. The van der Waals surface area contributed by atoms with E-state index in [4.69, 9.17) is 19.1 Å². The highest BCUT2D eigenvalue weighted by molar-refractivity contribution is 6.14. The van der Waals surface area contributed by atoms with Crippen LogP contribution in [0.3, 0.4) is 0 Å². The molecule has 7 aromatic carbocycles. The molecule has 3 aromatic heterocycles. The molecule has 6 nitrogen and oxygen atoms in total. The molecule has 0 bridgehead atoms. The minimum atomic E-state index is -0.747. The van der Waals surface area contributed by atoms with Gasteiger partial charge in [0.05, 0.1) is 27.8 Å². The highest BCUT2D eigenvalue weighted by Gasteiger charge is 2.49. The molecule has 0 atom stereocenters. The van der Waals surface area contributed by atoms with Crippen LogP contribution in [0.15, 0.2) is 193 Å². The molecule has 0 fully saturated rings. The number of hydrogen-bond acceptors (Lipinski definition) is 5. The van der Waals surface area contributed by atoms with E-state index in [1.54, 1.807) is 0 Å². The zero-order valence-electron chi connectivity index (χ0n) is 30.5. The number of ether oxygens (including phenoxy) is 1. The molecule has 0 saturated heterocycles. The molecule has 1 aliphatic rings. The number of para-hydroxylation sites is 4. The largest absolute Gasteiger partial charge is 0.453 e. The van der Waals surface area contributed by atoms with Gasteiger partial charge in [-0.05, 0) is 65.2 Å². The van der Waals surface area contributed by atoms with Crippen molar-refractivity contribution in [2.45, 2.75) is 5.41 Å². The van der Waals surface area contributed by atoms with Crippen LogP contribution < -0.4 is 9.64 Å². The van der Waals surface area contributed by atoms with Gasteiger partial charge >= 0.3 is 0 Å². The van der Waals surface area contributed by atoms with Gasteiger partial charge in [-0.1, -0.05) is 127 Å². The summed E-state index contributed by atoms with van der Waals surface area (Å²) in [5, 5.41) is 2.00. The van der Waals surface area contributed by atoms with Crippen LogP contribution >= 0.6 is 0 Å². The van der Waals surface area contributed by atoms with Crippen molar-refractivity contribution in [3.63, 3.8) is 0 Å². The van der Waals surface area contributed by atoms with Crippen molar-refractivity contribution in [1.29, 1.82) is 0 Å². The summed E-state index contributed by atoms with van der Waals surface area (Å²) in [5.74, 6) is 2.95. The van der Waals surface area contributed by atoms with Gasteiger partial charge in [0, 0.05) is 41.2 Å². The minimum Gasteiger partial charge on any atom is -0.453 e. The van der Waals surface area contributed by atoms with Gasteiger partial charge in [-0.2, -0.15) is 0 Å². The molecule has 0 radical (unpaired) electrons. The zero-order chi connectivity index (χ0) is 37.2. The third-order valence-electron chi connectivity index (χ3n) is 11.2. The van der Waals surface area contributed by atoms with Crippen molar-refractivity contribution < 1.29 is 9.15 Å². The third-order valence-corrected chi connectivity index (χ3v) is 11.2. The maximum absolute atomic E-state index is 7.04. The summed E-state index contributed by atoms with van der Waals surface area (Å²) >= 11 is 0. The molecule has 0 N–H and O–H groups in total. The number of hydrogen-bond donors (Lipinski definition) is 0. The van der Waals surface area contributed by atoms with Crippen LogP contribution in [0.4, 0.5) is 17.2 Å². The average Bonchev–Trinajstić information content (AvgIpc) is 3.82. The number of anilines is 3. The van der Waals surface area contributed by atoms with Crippen molar-refractivity contribution >= 4 is 50.2 Å². The van der Waals surface area contributed by atoms with Gasteiger partial charge in [0.25, 0.3) is 0 Å². The lowest BCUT2D eigenvalue weighted by Gasteiger charge is -2.46. The Morgan fingerprint density at radius 3 is 2.12 bits per heavy atom. The van der Waals surface area contributed by atoms with E-state index in [9.17, 15) is 0 Å². The Kier molecular flexibility index (Phi) is 7.19. The molecule has 4 heterocycles. The lowest BCUT2D eigenvalue weighted by molar-refractivity contribution is 0.476. The summed E-state index contributed by atoms with van der Waals surface area (Å²) in [7, 11) is 2.05. The first-order valence-electron chi connectivity index (χ1n) is 18.8. The Morgan fingerprint density at radius 2 is 1.34 bits per heavy atom. The Morgan fingerprint density at radius 1 is 0.625 bits per heavy atom. The first-order chi connectivity index (χ1) is 27.7. The van der Waals surface area contributed by atoms with Gasteiger partial charge in [-0.25, -0.2) is 9.97 Å². The molecule has 6 heteroatoms. The molecule has 11 rings (SSSR count). The first-order valence-corrected chi connectivity index (χ1v) is 18.8. The van der Waals surface area contributed by atoms with Gasteiger partial charge in [-0.3, -0.25) is 4.90 Å². The lowest BCUT2D eigenvalue weighted by atomic mass is 9.61. The maximum atomic E-state index is 7.04. The van der Waals surface area contributed by atoms with Crippen LogP contribution in [0.25, 0.3) is 44.4 Å². The normalized spacial score (nSPS) is 13.2. The SMILES string of the molecule is Cn1c(-c2cccc(Oc3cc4c(c5c3oc3ccccc35)C(c3ccccc3)(c3ccccc3)c3ccccc3N4c3ccccn3)c2)nc2ccccc21. The Bertz CT molecular complexity index is 3040. The van der Waals surface area contributed by atoms with Crippen molar-refractivity contribution in [3.05, 3.63) is 210 Å². The number of nitrogens with zero attached hydrogens (tertiary/aromatic N) is 4. The quantitative estimate of drug-likeness (QED) is 0.171. The standard InChI is InChI=1S/C50H34N4O2/c1-53-41-27-12-10-25-39(41)52-49(53)33-17-16-22-36(31-33)55-44-32-42-47(46-37-23-8-13-28-43(37)56-48(44)46)50(34-18-4-2-5-19-34,35-20-6-3-7-21-35)38-24-9-11-26-40(38)54(42)45-29-14-15-30-51-45/h2-32H,1H3. The molecular formula is C50H34N4O2. The molecule has 0 saturated carbocycles. The van der Waals surface area contributed by atoms with Crippen LogP contribution in [0.2, 0.25) is 0 Å². The van der Waals surface area contributed by atoms with Crippen LogP contribution in [-0.2, 0) is 12.5 Å². The van der Waals surface area contributed by atoms with Crippen LogP contribution in [-0.4, -0.2) is 14.5 Å². The third kappa shape index (κ3) is 4.69. The van der Waals surface area contributed by atoms with Crippen LogP contribution in [0, 0.1) is 0 Å². The fourth-order valence-electron chi connectivity index (χ4n) is 8.84. The Hall–Kier alpha value is -7.44. The predicted molar refractivity (Wildman–Crippen MR) is 224 cm³/mol. The van der Waals surface area contributed by atoms with Crippen molar-refractivity contribution in [2.75, 3.05) is 4.90 Å². The predicted octanol–water partition coefficient (Wildman–Crippen LogP) is 12.5. The number of aromatic nitrogens is 3. The van der Waals surface area contributed by atoms with Gasteiger partial charge < -0.3 is 13.7 Å². The molecule has 0 spiro atoms. The number of rotatable bonds is 6. The Labute approximate surface area is 323 Å². The summed E-state index contributed by atoms with van der Waals surface area (Å²) in [6.07, 6.45) is 1.85. The van der Waals surface area contributed by atoms with Gasteiger partial charge in [0.2, 0.25) is 0 Å². The minimum absolute atomic E-state index is 0.604. The van der Waals surface area contributed by atoms with E-state index in [1.165, 1.54) is 0 Å². The molecule has 266 valence electrons. The van der Waals surface area contributed by atoms with E-state index in [-0.39, 0.29) is 0 Å². The van der Waals surface area contributed by atoms with Crippen molar-refractivity contribution in [2.24, 2.45) is 7.05 Å². The molecule has 0 unspecified atom stereocenters. The highest BCUT2D eigenvalue weighted by atomic mass is 16.5. The van der Waals surface area contributed by atoms with E-state index in [1.807, 2.05) is 60.8 Å². The van der Waals surface area contributed by atoms with E-state index in [2.05, 4.69) is 144 Å². The molecule has 0 amide bonds. The molecular weight excluding hydrogens is 689 g/mol. The summed E-state index contributed by atoms with van der Waals surface area (Å²) in [6, 6.07) is 63.2. The van der Waals surface area contributed by atoms with E-state index in [0.29, 0.717) is 17.1 Å². The monoisotopic (exact) mass is 722 g/mol. The smallest absolute Gasteiger partial charge is 0.178 e. The number of furan rings is 1. The number of aryl methyl sites for hydroxylation is 1. The second-order valence-corrected chi connectivity index (χ2v) is 14.2. The summed E-state index contributed by atoms with van der Waals surface area (Å²) in [5.41, 5.74) is 10.2. The van der Waals surface area contributed by atoms with Gasteiger partial charge in [0.1, 0.15) is 23.0 Å². The summed E-state index contributed by atoms with van der Waals surface area (Å²) < 4.78 is 16.1. The number of benzene rings is 7. The van der Waals surface area contributed by atoms with Crippen LogP contribution in [0.1, 0.15) is 22.3 Å². The molecule has 1 aliphatic heterocycles. The summed E-state index contributed by atoms with van der Waals surface area (Å²) in [4.78, 5) is 12.2. The fourth-order valence-corrected chi connectivity index (χ4v) is 8.84. The Balaban J connectivity index is 1.24. The lowest BCUT2D eigenvalue weighted by Crippen LogP contribution is -2.38. The number of pyridine rings is 1. The topological polar surface area (TPSA) is 56.3 Å². The summed E-state index contributed by atoms with van der Waals surface area (Å²) in [6.45, 7) is 0. The zero-order valence-corrected chi connectivity index (χ0v) is 30.5. The second kappa shape index (κ2) is 12.6. The second-order valence-electron chi connectivity index (χ2n) is 14.2. The van der Waals surface area contributed by atoms with Crippen molar-refractivity contribution in [3.8, 4) is 22.9 Å². The van der Waals surface area contributed by atoms with Gasteiger partial charge in [-0.15, -0.1) is 0 Å². The molecule has 10 aromatic rings. The first kappa shape index (κ1) is 32.0. The number of imidazole rings is 1.